The highest BCUT2D eigenvalue weighted by Gasteiger charge is 2.38. The Labute approximate surface area is 93.4 Å². The number of carbonyl (C=O) groups excluding carboxylic acids is 1. The molecule has 0 saturated heterocycles. The third-order valence-corrected chi connectivity index (χ3v) is 3.90. The first-order valence-electron chi connectivity index (χ1n) is 6.40. The third-order valence-electron chi connectivity index (χ3n) is 3.90. The molecule has 0 heterocycles. The van der Waals surface area contributed by atoms with Gasteiger partial charge in [-0.15, -0.1) is 0 Å². The summed E-state index contributed by atoms with van der Waals surface area (Å²) in [4.78, 5) is 10.7. The van der Waals surface area contributed by atoms with Crippen LogP contribution >= 0.6 is 0 Å². The molecule has 0 bridgehead atoms. The van der Waals surface area contributed by atoms with Crippen molar-refractivity contribution in [1.82, 2.24) is 0 Å². The average Bonchev–Trinajstić information content (AvgIpc) is 2.30. The van der Waals surface area contributed by atoms with E-state index in [-0.39, 0.29) is 5.60 Å². The van der Waals surface area contributed by atoms with E-state index in [1.54, 1.807) is 0 Å². The maximum absolute atomic E-state index is 10.7. The summed E-state index contributed by atoms with van der Waals surface area (Å²) in [5, 5.41) is 0. The molecule has 1 unspecified atom stereocenters. The van der Waals surface area contributed by atoms with Crippen LogP contribution in [0.5, 0.6) is 0 Å². The smallest absolute Gasteiger partial charge is 0.293 e. The molecule has 2 heteroatoms. The third kappa shape index (κ3) is 2.96. The molecular weight excluding hydrogens is 188 g/mol. The topological polar surface area (TPSA) is 26.3 Å². The summed E-state index contributed by atoms with van der Waals surface area (Å²) in [7, 11) is 0. The lowest BCUT2D eigenvalue weighted by Gasteiger charge is -2.40. The van der Waals surface area contributed by atoms with Crippen LogP contribution < -0.4 is 0 Å². The van der Waals surface area contributed by atoms with Crippen molar-refractivity contribution < 1.29 is 9.53 Å². The van der Waals surface area contributed by atoms with Gasteiger partial charge in [0.15, 0.2) is 0 Å². The first kappa shape index (κ1) is 12.5. The van der Waals surface area contributed by atoms with Gasteiger partial charge in [-0.1, -0.05) is 39.5 Å². The maximum atomic E-state index is 10.7. The second-order valence-electron chi connectivity index (χ2n) is 4.72. The van der Waals surface area contributed by atoms with Gasteiger partial charge in [-0.05, 0) is 31.6 Å². The molecule has 0 amide bonds. The molecule has 88 valence electrons. The van der Waals surface area contributed by atoms with Gasteiger partial charge < -0.3 is 4.74 Å². The molecule has 0 aromatic heterocycles. The van der Waals surface area contributed by atoms with E-state index in [1.807, 2.05) is 0 Å². The summed E-state index contributed by atoms with van der Waals surface area (Å²) in [5.41, 5.74) is -0.156. The van der Waals surface area contributed by atoms with Crippen LogP contribution in [0.15, 0.2) is 0 Å². The molecule has 1 aliphatic rings. The van der Waals surface area contributed by atoms with E-state index in [0.29, 0.717) is 12.4 Å². The first-order valence-corrected chi connectivity index (χ1v) is 6.40. The second-order valence-corrected chi connectivity index (χ2v) is 4.72. The zero-order valence-electron chi connectivity index (χ0n) is 10.1. The van der Waals surface area contributed by atoms with Crippen molar-refractivity contribution in [2.45, 2.75) is 70.8 Å². The zero-order chi connectivity index (χ0) is 11.1. The van der Waals surface area contributed by atoms with Gasteiger partial charge in [0.25, 0.3) is 6.47 Å². The number of carbonyl (C=O) groups is 1. The summed E-state index contributed by atoms with van der Waals surface area (Å²) < 4.78 is 5.48. The lowest BCUT2D eigenvalue weighted by atomic mass is 9.73. The summed E-state index contributed by atoms with van der Waals surface area (Å²) in [5.74, 6) is 0.599. The summed E-state index contributed by atoms with van der Waals surface area (Å²) in [6, 6.07) is 0. The van der Waals surface area contributed by atoms with E-state index in [4.69, 9.17) is 4.74 Å². The average molecular weight is 212 g/mol. The number of ether oxygens (including phenoxy) is 1. The molecule has 0 aliphatic heterocycles. The van der Waals surface area contributed by atoms with E-state index in [2.05, 4.69) is 13.8 Å². The minimum atomic E-state index is -0.156. The summed E-state index contributed by atoms with van der Waals surface area (Å²) >= 11 is 0. The Morgan fingerprint density at radius 3 is 2.40 bits per heavy atom. The Morgan fingerprint density at radius 2 is 1.93 bits per heavy atom. The molecule has 1 rings (SSSR count). The number of hydrogen-bond donors (Lipinski definition) is 0. The van der Waals surface area contributed by atoms with Gasteiger partial charge in [-0.25, -0.2) is 0 Å². The fraction of sp³-hybridized carbons (Fsp3) is 0.923. The minimum Gasteiger partial charge on any atom is -0.461 e. The maximum Gasteiger partial charge on any atom is 0.293 e. The van der Waals surface area contributed by atoms with E-state index in [9.17, 15) is 4.79 Å². The quantitative estimate of drug-likeness (QED) is 0.628. The zero-order valence-corrected chi connectivity index (χ0v) is 10.1. The molecule has 0 aromatic carbocycles. The van der Waals surface area contributed by atoms with Crippen molar-refractivity contribution in [2.75, 3.05) is 0 Å². The van der Waals surface area contributed by atoms with Crippen LogP contribution in [0.3, 0.4) is 0 Å². The van der Waals surface area contributed by atoms with E-state index < -0.39 is 0 Å². The van der Waals surface area contributed by atoms with Crippen LogP contribution in [0.1, 0.15) is 65.2 Å². The molecule has 1 aliphatic carbocycles. The van der Waals surface area contributed by atoms with Crippen molar-refractivity contribution in [3.63, 3.8) is 0 Å². The van der Waals surface area contributed by atoms with Gasteiger partial charge in [-0.2, -0.15) is 0 Å². The normalized spacial score (nSPS) is 22.0. The molecule has 15 heavy (non-hydrogen) atoms. The highest BCUT2D eigenvalue weighted by Crippen LogP contribution is 2.39. The lowest BCUT2D eigenvalue weighted by Crippen LogP contribution is -2.41. The monoisotopic (exact) mass is 212 g/mol. The fourth-order valence-electron chi connectivity index (χ4n) is 3.06. The van der Waals surface area contributed by atoms with Crippen molar-refractivity contribution >= 4 is 6.47 Å². The van der Waals surface area contributed by atoms with Crippen LogP contribution in [0.25, 0.3) is 0 Å². The highest BCUT2D eigenvalue weighted by atomic mass is 16.5. The van der Waals surface area contributed by atoms with Crippen LogP contribution in [0, 0.1) is 5.92 Å². The van der Waals surface area contributed by atoms with Crippen molar-refractivity contribution in [1.29, 1.82) is 0 Å². The largest absolute Gasteiger partial charge is 0.461 e. The fourth-order valence-corrected chi connectivity index (χ4v) is 3.06. The highest BCUT2D eigenvalue weighted by molar-refractivity contribution is 5.38. The molecule has 0 radical (unpaired) electrons. The Hall–Kier alpha value is -0.530. The van der Waals surface area contributed by atoms with Crippen LogP contribution in [-0.4, -0.2) is 12.1 Å². The van der Waals surface area contributed by atoms with Gasteiger partial charge in [-0.3, -0.25) is 4.79 Å². The van der Waals surface area contributed by atoms with Gasteiger partial charge in [0, 0.05) is 0 Å². The molecule has 0 aromatic rings. The number of rotatable bonds is 6. The van der Waals surface area contributed by atoms with Crippen molar-refractivity contribution in [3.8, 4) is 0 Å². The second kappa shape index (κ2) is 6.14. The Morgan fingerprint density at radius 1 is 1.27 bits per heavy atom. The molecular formula is C13H24O2. The minimum absolute atomic E-state index is 0.156. The predicted molar refractivity (Wildman–Crippen MR) is 61.7 cm³/mol. The summed E-state index contributed by atoms with van der Waals surface area (Å²) in [6.07, 6.45) is 9.51. The van der Waals surface area contributed by atoms with Crippen molar-refractivity contribution in [3.05, 3.63) is 0 Å². The molecule has 1 atom stereocenters. The molecule has 2 nitrogen and oxygen atoms in total. The van der Waals surface area contributed by atoms with Gasteiger partial charge in [0.05, 0.1) is 0 Å². The van der Waals surface area contributed by atoms with Crippen molar-refractivity contribution in [2.24, 2.45) is 5.92 Å². The standard InChI is InChI=1S/C13H24O2/c1-3-10-13(4-2,15-11-14)12-8-6-5-7-9-12/h11-12H,3-10H2,1-2H3. The molecule has 1 fully saturated rings. The molecule has 1 saturated carbocycles. The Balaban J connectivity index is 2.70. The van der Waals surface area contributed by atoms with Crippen LogP contribution in [0.2, 0.25) is 0 Å². The van der Waals surface area contributed by atoms with E-state index in [1.165, 1.54) is 32.1 Å². The molecule has 0 N–H and O–H groups in total. The van der Waals surface area contributed by atoms with Crippen LogP contribution in [0.4, 0.5) is 0 Å². The SMILES string of the molecule is CCCC(CC)(OC=O)C1CCCCC1. The van der Waals surface area contributed by atoms with Crippen LogP contribution in [-0.2, 0) is 9.53 Å². The van der Waals surface area contributed by atoms with E-state index in [0.717, 1.165) is 19.3 Å². The van der Waals surface area contributed by atoms with Gasteiger partial charge >= 0.3 is 0 Å². The molecule has 0 spiro atoms. The van der Waals surface area contributed by atoms with Gasteiger partial charge in [0.2, 0.25) is 0 Å². The Kier molecular flexibility index (Phi) is 5.13. The van der Waals surface area contributed by atoms with E-state index >= 15 is 0 Å². The Bertz CT molecular complexity index is 185. The first-order chi connectivity index (χ1) is 7.29. The lowest BCUT2D eigenvalue weighted by molar-refractivity contribution is -0.154. The predicted octanol–water partition coefficient (Wildman–Crippen LogP) is 3.69. The number of hydrogen-bond acceptors (Lipinski definition) is 2. The van der Waals surface area contributed by atoms with Gasteiger partial charge in [0.1, 0.15) is 5.60 Å². The summed E-state index contributed by atoms with van der Waals surface area (Å²) in [6.45, 7) is 4.98.